The summed E-state index contributed by atoms with van der Waals surface area (Å²) in [7, 11) is 1.58. The molecule has 2 amide bonds. The molecular formula is C29H22ClNO4. The Morgan fingerprint density at radius 1 is 0.829 bits per heavy atom. The van der Waals surface area contributed by atoms with Gasteiger partial charge in [-0.2, -0.15) is 0 Å². The molecule has 3 fully saturated rings. The second kappa shape index (κ2) is 8.57. The van der Waals surface area contributed by atoms with Crippen LogP contribution >= 0.6 is 11.6 Å². The van der Waals surface area contributed by atoms with Gasteiger partial charge < -0.3 is 9.47 Å². The molecule has 0 saturated carbocycles. The Morgan fingerprint density at radius 3 is 2.14 bits per heavy atom. The number of fused-ring (bicyclic) bond motifs is 5. The summed E-state index contributed by atoms with van der Waals surface area (Å²) in [5, 5.41) is 0.639. The fourth-order valence-corrected chi connectivity index (χ4v) is 5.83. The number of imide groups is 1. The van der Waals surface area contributed by atoms with E-state index in [1.165, 1.54) is 4.90 Å². The predicted octanol–water partition coefficient (Wildman–Crippen LogP) is 4.69. The molecule has 2 bridgehead atoms. The highest BCUT2D eigenvalue weighted by molar-refractivity contribution is 6.30. The van der Waals surface area contributed by atoms with Gasteiger partial charge in [0.05, 0.1) is 42.8 Å². The van der Waals surface area contributed by atoms with Gasteiger partial charge in [-0.1, -0.05) is 53.8 Å². The van der Waals surface area contributed by atoms with E-state index in [9.17, 15) is 9.59 Å². The van der Waals surface area contributed by atoms with Crippen LogP contribution in [-0.4, -0.2) is 31.1 Å². The summed E-state index contributed by atoms with van der Waals surface area (Å²) >= 11 is 6.14. The highest BCUT2D eigenvalue weighted by Gasteiger charge is 2.69. The third-order valence-electron chi connectivity index (χ3n) is 7.26. The molecule has 174 valence electrons. The van der Waals surface area contributed by atoms with Crippen molar-refractivity contribution >= 4 is 29.1 Å². The molecule has 0 aliphatic carbocycles. The largest absolute Gasteiger partial charge is 0.497 e. The van der Waals surface area contributed by atoms with Gasteiger partial charge in [0.15, 0.2) is 0 Å². The van der Waals surface area contributed by atoms with Crippen molar-refractivity contribution in [2.24, 2.45) is 17.8 Å². The molecule has 0 N–H and O–H groups in total. The lowest BCUT2D eigenvalue weighted by molar-refractivity contribution is -0.125. The quantitative estimate of drug-likeness (QED) is 0.401. The number of ether oxygens (including phenoxy) is 2. The maximum Gasteiger partial charge on any atom is 0.240 e. The lowest BCUT2D eigenvalue weighted by Gasteiger charge is -2.30. The zero-order valence-corrected chi connectivity index (χ0v) is 19.7. The summed E-state index contributed by atoms with van der Waals surface area (Å²) in [6, 6.07) is 24.3. The van der Waals surface area contributed by atoms with E-state index in [0.717, 1.165) is 11.1 Å². The van der Waals surface area contributed by atoms with E-state index in [2.05, 4.69) is 11.8 Å². The van der Waals surface area contributed by atoms with Crippen molar-refractivity contribution in [2.45, 2.75) is 18.1 Å². The van der Waals surface area contributed by atoms with Crippen molar-refractivity contribution in [1.82, 2.24) is 0 Å². The molecule has 0 radical (unpaired) electrons. The summed E-state index contributed by atoms with van der Waals surface area (Å²) in [5.41, 5.74) is 2.45. The first-order valence-corrected chi connectivity index (χ1v) is 11.9. The van der Waals surface area contributed by atoms with E-state index in [-0.39, 0.29) is 23.7 Å². The minimum atomic E-state index is -0.548. The zero-order valence-electron chi connectivity index (χ0n) is 18.9. The van der Waals surface area contributed by atoms with Crippen LogP contribution in [0.25, 0.3) is 0 Å². The molecule has 6 heteroatoms. The Morgan fingerprint density at radius 2 is 1.49 bits per heavy atom. The minimum absolute atomic E-state index is 0.137. The topological polar surface area (TPSA) is 55.8 Å². The molecule has 3 heterocycles. The number of methoxy groups -OCH3 is 1. The van der Waals surface area contributed by atoms with Crippen molar-refractivity contribution in [3.05, 3.63) is 95.0 Å². The van der Waals surface area contributed by atoms with Crippen LogP contribution in [0.15, 0.2) is 78.9 Å². The molecule has 6 rings (SSSR count). The monoisotopic (exact) mass is 483 g/mol. The van der Waals surface area contributed by atoms with Gasteiger partial charge in [0.1, 0.15) is 5.75 Å². The molecule has 0 unspecified atom stereocenters. The number of nitrogens with zero attached hydrogens (tertiary/aromatic N) is 1. The molecule has 5 nitrogen and oxygen atoms in total. The molecule has 35 heavy (non-hydrogen) atoms. The molecule has 3 saturated heterocycles. The number of hydrogen-bond acceptors (Lipinski definition) is 4. The van der Waals surface area contributed by atoms with Crippen molar-refractivity contribution in [3.63, 3.8) is 0 Å². The Hall–Kier alpha value is -3.59. The maximum absolute atomic E-state index is 13.6. The number of amides is 2. The first-order valence-electron chi connectivity index (χ1n) is 11.6. The van der Waals surface area contributed by atoms with E-state index < -0.39 is 24.0 Å². The van der Waals surface area contributed by atoms with Crippen LogP contribution in [0.1, 0.15) is 17.0 Å². The van der Waals surface area contributed by atoms with Crippen LogP contribution < -0.4 is 9.64 Å². The number of carbonyl (C=O) groups excluding carboxylic acids is 2. The van der Waals surface area contributed by atoms with E-state index in [0.29, 0.717) is 16.5 Å². The third kappa shape index (κ3) is 3.53. The van der Waals surface area contributed by atoms with Gasteiger partial charge >= 0.3 is 0 Å². The number of hydrogen-bond donors (Lipinski definition) is 0. The fraction of sp³-hybridized carbons (Fsp3) is 0.241. The number of rotatable bonds is 3. The smallest absolute Gasteiger partial charge is 0.240 e. The first kappa shape index (κ1) is 21.9. The van der Waals surface area contributed by atoms with Crippen LogP contribution in [-0.2, 0) is 14.3 Å². The summed E-state index contributed by atoms with van der Waals surface area (Å²) < 4.78 is 11.6. The van der Waals surface area contributed by atoms with Gasteiger partial charge in [-0.15, -0.1) is 0 Å². The minimum Gasteiger partial charge on any atom is -0.497 e. The zero-order chi connectivity index (χ0) is 24.1. The second-order valence-corrected chi connectivity index (χ2v) is 9.50. The molecule has 3 aromatic rings. The molecule has 0 spiro atoms. The third-order valence-corrected chi connectivity index (χ3v) is 7.51. The van der Waals surface area contributed by atoms with Gasteiger partial charge in [0, 0.05) is 16.5 Å². The van der Waals surface area contributed by atoms with Gasteiger partial charge in [-0.05, 0) is 54.1 Å². The van der Waals surface area contributed by atoms with E-state index in [1.54, 1.807) is 31.4 Å². The van der Waals surface area contributed by atoms with Crippen molar-refractivity contribution in [3.8, 4) is 17.6 Å². The van der Waals surface area contributed by atoms with Crippen LogP contribution in [0, 0.1) is 29.6 Å². The highest BCUT2D eigenvalue weighted by atomic mass is 35.5. The Kier molecular flexibility index (Phi) is 5.36. The van der Waals surface area contributed by atoms with E-state index in [1.807, 2.05) is 54.6 Å². The summed E-state index contributed by atoms with van der Waals surface area (Å²) in [5.74, 6) is 5.44. The molecule has 6 atom stereocenters. The standard InChI is InChI=1S/C29H22ClNO4/c1-34-21-14-12-20(13-15-21)31-28(32)24-25(29(31)33)27-23(18-8-10-19(30)11-9-18)22(26(24)35-27)16-7-17-5-3-2-4-6-17/h2-6,8-15,22-27H,1H3/t22-,23+,24+,25-,26-,27+/m1/s1. The molecule has 0 aromatic heterocycles. The number of carbonyl (C=O) groups is 2. The van der Waals surface area contributed by atoms with Gasteiger partial charge in [-0.25, -0.2) is 4.90 Å². The van der Waals surface area contributed by atoms with Crippen molar-refractivity contribution in [2.75, 3.05) is 12.0 Å². The Balaban J connectivity index is 1.39. The van der Waals surface area contributed by atoms with Crippen LogP contribution in [0.3, 0.4) is 0 Å². The Bertz CT molecular complexity index is 1340. The van der Waals surface area contributed by atoms with Crippen molar-refractivity contribution in [1.29, 1.82) is 0 Å². The van der Waals surface area contributed by atoms with Crippen molar-refractivity contribution < 1.29 is 19.1 Å². The number of anilines is 1. The Labute approximate surface area is 208 Å². The van der Waals surface area contributed by atoms with Gasteiger partial charge in [0.25, 0.3) is 0 Å². The lowest BCUT2D eigenvalue weighted by atomic mass is 9.67. The molecular weight excluding hydrogens is 462 g/mol. The number of halogens is 1. The van der Waals surface area contributed by atoms with E-state index in [4.69, 9.17) is 21.1 Å². The predicted molar refractivity (Wildman–Crippen MR) is 132 cm³/mol. The van der Waals surface area contributed by atoms with Crippen LogP contribution in [0.5, 0.6) is 5.75 Å². The second-order valence-electron chi connectivity index (χ2n) is 9.07. The summed E-state index contributed by atoms with van der Waals surface area (Å²) in [6.45, 7) is 0. The molecule has 3 aromatic carbocycles. The average Bonchev–Trinajstić information content (AvgIpc) is 3.53. The van der Waals surface area contributed by atoms with Gasteiger partial charge in [-0.3, -0.25) is 9.59 Å². The average molecular weight is 484 g/mol. The normalized spacial score (nSPS) is 28.6. The fourth-order valence-electron chi connectivity index (χ4n) is 5.71. The van der Waals surface area contributed by atoms with Crippen LogP contribution in [0.4, 0.5) is 5.69 Å². The SMILES string of the molecule is COc1ccc(N2C(=O)[C@@H]3[C@@H]4O[C@H]([C@@H]3C2=O)[C@@H](c2ccc(Cl)cc2)[C@H]4C#Cc2ccccc2)cc1. The van der Waals surface area contributed by atoms with Gasteiger partial charge in [0.2, 0.25) is 11.8 Å². The summed E-state index contributed by atoms with van der Waals surface area (Å²) in [6.07, 6.45) is -0.887. The highest BCUT2D eigenvalue weighted by Crippen LogP contribution is 2.57. The molecule has 3 aliphatic heterocycles. The van der Waals surface area contributed by atoms with Crippen LogP contribution in [0.2, 0.25) is 5.02 Å². The molecule has 3 aliphatic rings. The first-order chi connectivity index (χ1) is 17.1. The summed E-state index contributed by atoms with van der Waals surface area (Å²) in [4.78, 5) is 28.5. The number of benzene rings is 3. The lowest BCUT2D eigenvalue weighted by Crippen LogP contribution is -2.39. The van der Waals surface area contributed by atoms with E-state index >= 15 is 0 Å². The maximum atomic E-state index is 13.6.